The smallest absolute Gasteiger partial charge is 0.410 e. The summed E-state index contributed by atoms with van der Waals surface area (Å²) in [6.07, 6.45) is 6.36. The number of hydrogen-bond donors (Lipinski definition) is 1. The Morgan fingerprint density at radius 3 is 2.55 bits per heavy atom. The lowest BCUT2D eigenvalue weighted by Crippen LogP contribution is -2.43. The number of pyridine rings is 1. The molecule has 1 amide bonds. The molecule has 0 aliphatic carbocycles. The van der Waals surface area contributed by atoms with Gasteiger partial charge in [0, 0.05) is 44.3 Å². The van der Waals surface area contributed by atoms with E-state index >= 15 is 0 Å². The average molecular weight is 514 g/mol. The van der Waals surface area contributed by atoms with Gasteiger partial charge in [0.15, 0.2) is 5.65 Å². The number of nitriles is 1. The number of imidazole rings is 1. The van der Waals surface area contributed by atoms with Gasteiger partial charge in [-0.2, -0.15) is 5.26 Å². The second-order valence-corrected chi connectivity index (χ2v) is 10.7. The lowest BCUT2D eigenvalue weighted by molar-refractivity contribution is 0.0187. The van der Waals surface area contributed by atoms with E-state index in [1.165, 1.54) is 0 Å². The summed E-state index contributed by atoms with van der Waals surface area (Å²) in [6, 6.07) is 7.76. The maximum atomic E-state index is 13.7. The number of carbonyl (C=O) groups excluding carboxylic acids is 1. The Kier molecular flexibility index (Phi) is 6.31. The van der Waals surface area contributed by atoms with E-state index < -0.39 is 5.60 Å². The molecule has 10 nitrogen and oxygen atoms in total. The molecule has 1 aromatic carbocycles. The van der Waals surface area contributed by atoms with Gasteiger partial charge in [0.05, 0.1) is 28.5 Å². The highest BCUT2D eigenvalue weighted by atomic mass is 16.6. The predicted octanol–water partition coefficient (Wildman–Crippen LogP) is 4.51. The van der Waals surface area contributed by atoms with Crippen LogP contribution in [0.15, 0.2) is 41.7 Å². The largest absolute Gasteiger partial charge is 0.444 e. The molecule has 0 bridgehead atoms. The van der Waals surface area contributed by atoms with Gasteiger partial charge in [0.1, 0.15) is 11.7 Å². The van der Waals surface area contributed by atoms with Gasteiger partial charge in [0.2, 0.25) is 0 Å². The Balaban J connectivity index is 1.48. The van der Waals surface area contributed by atoms with Gasteiger partial charge in [-0.1, -0.05) is 0 Å². The number of carbonyl (C=O) groups is 1. The molecule has 0 spiro atoms. The molecule has 4 heterocycles. The van der Waals surface area contributed by atoms with Crippen LogP contribution in [0.25, 0.3) is 27.7 Å². The molecular weight excluding hydrogens is 482 g/mol. The molecule has 10 heteroatoms. The van der Waals surface area contributed by atoms with Gasteiger partial charge in [-0.25, -0.2) is 14.8 Å². The molecule has 5 rings (SSSR count). The Hall–Kier alpha value is -4.39. The van der Waals surface area contributed by atoms with Crippen LogP contribution in [-0.4, -0.2) is 55.7 Å². The molecule has 1 aliphatic heterocycles. The number of nitrogens with one attached hydrogen (secondary N) is 1. The van der Waals surface area contributed by atoms with E-state index in [0.717, 1.165) is 16.8 Å². The van der Waals surface area contributed by atoms with Crippen molar-refractivity contribution >= 4 is 28.3 Å². The SMILES string of the molecule is CNc1cc(-c2cc(C#N)c3nc(C)cn3c2)cc2ncn(C3CCN(C(=O)OC(C)(C)C)CC3)c(=O)c12. The molecule has 0 saturated carbocycles. The number of aryl methyl sites for hydroxylation is 1. The molecule has 1 fully saturated rings. The van der Waals surface area contributed by atoms with E-state index in [0.29, 0.717) is 53.7 Å². The van der Waals surface area contributed by atoms with Crippen LogP contribution >= 0.6 is 0 Å². The van der Waals surface area contributed by atoms with Gasteiger partial charge in [-0.15, -0.1) is 0 Å². The Morgan fingerprint density at radius 2 is 1.89 bits per heavy atom. The van der Waals surface area contributed by atoms with Crippen LogP contribution in [0.5, 0.6) is 0 Å². The van der Waals surface area contributed by atoms with E-state index in [1.807, 2.05) is 62.7 Å². The lowest BCUT2D eigenvalue weighted by atomic mass is 10.0. The van der Waals surface area contributed by atoms with E-state index in [4.69, 9.17) is 4.74 Å². The van der Waals surface area contributed by atoms with Crippen LogP contribution in [0, 0.1) is 18.3 Å². The average Bonchev–Trinajstić information content (AvgIpc) is 3.27. The van der Waals surface area contributed by atoms with Crippen molar-refractivity contribution in [3.63, 3.8) is 0 Å². The van der Waals surface area contributed by atoms with Crippen molar-refractivity contribution < 1.29 is 9.53 Å². The molecule has 1 N–H and O–H groups in total. The Bertz CT molecular complexity index is 1650. The fourth-order valence-corrected chi connectivity index (χ4v) is 5.00. The number of benzene rings is 1. The van der Waals surface area contributed by atoms with Crippen molar-refractivity contribution in [3.05, 3.63) is 58.5 Å². The molecule has 1 aliphatic rings. The summed E-state index contributed by atoms with van der Waals surface area (Å²) in [6.45, 7) is 8.46. The van der Waals surface area contributed by atoms with Crippen LogP contribution in [0.3, 0.4) is 0 Å². The molecule has 38 heavy (non-hydrogen) atoms. The monoisotopic (exact) mass is 513 g/mol. The molecule has 3 aromatic heterocycles. The highest BCUT2D eigenvalue weighted by molar-refractivity contribution is 5.95. The number of hydrogen-bond acceptors (Lipinski definition) is 7. The Morgan fingerprint density at radius 1 is 1.16 bits per heavy atom. The lowest BCUT2D eigenvalue weighted by Gasteiger charge is -2.34. The summed E-state index contributed by atoms with van der Waals surface area (Å²) in [5.41, 5.74) is 4.13. The third-order valence-electron chi connectivity index (χ3n) is 6.79. The molecule has 4 aromatic rings. The molecule has 0 atom stereocenters. The topological polar surface area (TPSA) is 118 Å². The van der Waals surface area contributed by atoms with Crippen LogP contribution < -0.4 is 10.9 Å². The van der Waals surface area contributed by atoms with E-state index in [1.54, 1.807) is 22.8 Å². The number of nitrogens with zero attached hydrogens (tertiary/aromatic N) is 6. The second kappa shape index (κ2) is 9.49. The third-order valence-corrected chi connectivity index (χ3v) is 6.79. The summed E-state index contributed by atoms with van der Waals surface area (Å²) in [4.78, 5) is 36.9. The summed E-state index contributed by atoms with van der Waals surface area (Å²) in [5.74, 6) is 0. The van der Waals surface area contributed by atoms with Gasteiger partial charge in [-0.3, -0.25) is 9.36 Å². The standard InChI is InChI=1S/C28H31N7O3/c1-17-14-34-15-20(10-19(13-29)25(34)32-17)18-11-22(30-5)24-23(12-18)31-16-35(26(24)36)21-6-8-33(9-7-21)27(37)38-28(2,3)4/h10-12,14-16,21,30H,6-9H2,1-5H3. The van der Waals surface area contributed by atoms with E-state index in [2.05, 4.69) is 21.4 Å². The van der Waals surface area contributed by atoms with Gasteiger partial charge in [0.25, 0.3) is 5.56 Å². The van der Waals surface area contributed by atoms with Crippen LogP contribution in [-0.2, 0) is 4.74 Å². The maximum absolute atomic E-state index is 13.7. The minimum atomic E-state index is -0.546. The van der Waals surface area contributed by atoms with Crippen LogP contribution in [0.4, 0.5) is 10.5 Å². The second-order valence-electron chi connectivity index (χ2n) is 10.7. The van der Waals surface area contributed by atoms with Crippen molar-refractivity contribution in [3.8, 4) is 17.2 Å². The first kappa shape index (κ1) is 25.3. The first-order chi connectivity index (χ1) is 18.1. The molecule has 196 valence electrons. The molecule has 1 saturated heterocycles. The summed E-state index contributed by atoms with van der Waals surface area (Å²) < 4.78 is 9.02. The number of ether oxygens (including phenoxy) is 1. The highest BCUT2D eigenvalue weighted by Crippen LogP contribution is 2.31. The van der Waals surface area contributed by atoms with Crippen molar-refractivity contribution in [2.45, 2.75) is 52.2 Å². The number of piperidine rings is 1. The number of likely N-dealkylation sites (tertiary alicyclic amines) is 1. The number of amides is 1. The molecule has 0 radical (unpaired) electrons. The number of rotatable bonds is 3. The van der Waals surface area contributed by atoms with Crippen molar-refractivity contribution in [1.29, 1.82) is 5.26 Å². The van der Waals surface area contributed by atoms with E-state index in [-0.39, 0.29) is 17.7 Å². The predicted molar refractivity (Wildman–Crippen MR) is 145 cm³/mol. The van der Waals surface area contributed by atoms with Gasteiger partial charge in [-0.05, 0) is 69.9 Å². The first-order valence-corrected chi connectivity index (χ1v) is 12.7. The van der Waals surface area contributed by atoms with Crippen molar-refractivity contribution in [2.75, 3.05) is 25.5 Å². The number of aromatic nitrogens is 4. The summed E-state index contributed by atoms with van der Waals surface area (Å²) >= 11 is 0. The fourth-order valence-electron chi connectivity index (χ4n) is 5.00. The number of fused-ring (bicyclic) bond motifs is 2. The van der Waals surface area contributed by atoms with Crippen LogP contribution in [0.1, 0.15) is 50.9 Å². The minimum absolute atomic E-state index is 0.0625. The highest BCUT2D eigenvalue weighted by Gasteiger charge is 2.28. The zero-order valence-corrected chi connectivity index (χ0v) is 22.3. The third kappa shape index (κ3) is 4.67. The zero-order chi connectivity index (χ0) is 27.2. The Labute approximate surface area is 220 Å². The van der Waals surface area contributed by atoms with Crippen LogP contribution in [0.2, 0.25) is 0 Å². The minimum Gasteiger partial charge on any atom is -0.444 e. The van der Waals surface area contributed by atoms with Gasteiger partial charge < -0.3 is 19.4 Å². The van der Waals surface area contributed by atoms with E-state index in [9.17, 15) is 14.9 Å². The zero-order valence-electron chi connectivity index (χ0n) is 22.3. The normalized spacial score (nSPS) is 14.6. The maximum Gasteiger partial charge on any atom is 0.410 e. The first-order valence-electron chi connectivity index (χ1n) is 12.7. The number of anilines is 1. The summed E-state index contributed by atoms with van der Waals surface area (Å²) in [5, 5.41) is 13.3. The molecular formula is C28H31N7O3. The molecule has 0 unspecified atom stereocenters. The van der Waals surface area contributed by atoms with Gasteiger partial charge >= 0.3 is 6.09 Å². The van der Waals surface area contributed by atoms with Crippen molar-refractivity contribution in [1.82, 2.24) is 23.8 Å². The summed E-state index contributed by atoms with van der Waals surface area (Å²) in [7, 11) is 1.78. The quantitative estimate of drug-likeness (QED) is 0.428. The fraction of sp³-hybridized carbons (Fsp3) is 0.393. The van der Waals surface area contributed by atoms with Crippen molar-refractivity contribution in [2.24, 2.45) is 0 Å².